The van der Waals surface area contributed by atoms with Crippen molar-refractivity contribution >= 4 is 23.2 Å². The predicted octanol–water partition coefficient (Wildman–Crippen LogP) is 3.77. The van der Waals surface area contributed by atoms with Gasteiger partial charge in [-0.1, -0.05) is 19.9 Å². The topological polar surface area (TPSA) is 63.5 Å². The van der Waals surface area contributed by atoms with E-state index in [2.05, 4.69) is 0 Å². The van der Waals surface area contributed by atoms with Crippen LogP contribution in [0.25, 0.3) is 0 Å². The largest absolute Gasteiger partial charge is 0.334 e. The molecular weight excluding hydrogens is 292 g/mol. The zero-order valence-electron chi connectivity index (χ0n) is 12.6. The Morgan fingerprint density at radius 2 is 2.00 bits per heavy atom. The number of nitro groups is 1. The van der Waals surface area contributed by atoms with Crippen molar-refractivity contribution in [1.82, 2.24) is 4.90 Å². The Morgan fingerprint density at radius 3 is 2.48 bits per heavy atom. The fraction of sp³-hybridized carbons (Fsp3) is 0.533. The molecule has 0 aliphatic carbocycles. The molecule has 0 unspecified atom stereocenters. The van der Waals surface area contributed by atoms with Crippen LogP contribution in [-0.2, 0) is 0 Å². The zero-order chi connectivity index (χ0) is 16.0. The quantitative estimate of drug-likeness (QED) is 0.437. The van der Waals surface area contributed by atoms with Gasteiger partial charge < -0.3 is 4.90 Å². The number of nitrogens with zero attached hydrogens (tertiary/aromatic N) is 2. The summed E-state index contributed by atoms with van der Waals surface area (Å²) in [6.45, 7) is 6.18. The van der Waals surface area contributed by atoms with Gasteiger partial charge in [0.05, 0.1) is 4.92 Å². The maximum Gasteiger partial charge on any atom is 0.282 e. The van der Waals surface area contributed by atoms with E-state index < -0.39 is 4.92 Å². The van der Waals surface area contributed by atoms with Crippen molar-refractivity contribution in [1.29, 1.82) is 0 Å². The number of nitro benzene ring substituents is 1. The van der Waals surface area contributed by atoms with Gasteiger partial charge in [0.15, 0.2) is 0 Å². The molecular formula is C15H21ClN2O3. The lowest BCUT2D eigenvalue weighted by molar-refractivity contribution is -0.385. The van der Waals surface area contributed by atoms with E-state index in [0.717, 1.165) is 18.4 Å². The van der Waals surface area contributed by atoms with Crippen molar-refractivity contribution in [2.45, 2.75) is 39.7 Å². The van der Waals surface area contributed by atoms with Crippen molar-refractivity contribution in [2.24, 2.45) is 0 Å². The summed E-state index contributed by atoms with van der Waals surface area (Å²) in [7, 11) is 0. The molecule has 1 amide bonds. The van der Waals surface area contributed by atoms with E-state index >= 15 is 0 Å². The highest BCUT2D eigenvalue weighted by Crippen LogP contribution is 2.23. The Bertz CT molecular complexity index is 516. The maximum absolute atomic E-state index is 12.7. The van der Waals surface area contributed by atoms with Gasteiger partial charge in [-0.2, -0.15) is 0 Å². The minimum atomic E-state index is -0.515. The fourth-order valence-corrected chi connectivity index (χ4v) is 2.59. The number of hydrogen-bond acceptors (Lipinski definition) is 3. The van der Waals surface area contributed by atoms with Crippen LogP contribution < -0.4 is 0 Å². The van der Waals surface area contributed by atoms with E-state index in [1.54, 1.807) is 17.0 Å². The molecule has 1 aromatic rings. The smallest absolute Gasteiger partial charge is 0.282 e. The number of halogens is 1. The lowest BCUT2D eigenvalue weighted by atomic mass is 10.0. The number of alkyl halides is 1. The van der Waals surface area contributed by atoms with E-state index in [1.165, 1.54) is 6.07 Å². The van der Waals surface area contributed by atoms with Crippen molar-refractivity contribution < 1.29 is 9.72 Å². The molecule has 0 aliphatic rings. The molecule has 0 bridgehead atoms. The van der Waals surface area contributed by atoms with Crippen LogP contribution in [0.5, 0.6) is 0 Å². The molecule has 0 fully saturated rings. The van der Waals surface area contributed by atoms with E-state index in [-0.39, 0.29) is 23.2 Å². The van der Waals surface area contributed by atoms with Crippen LogP contribution in [0.15, 0.2) is 18.2 Å². The zero-order valence-corrected chi connectivity index (χ0v) is 13.4. The van der Waals surface area contributed by atoms with E-state index in [0.29, 0.717) is 12.4 Å². The molecule has 21 heavy (non-hydrogen) atoms. The summed E-state index contributed by atoms with van der Waals surface area (Å²) in [5.41, 5.74) is 0.799. The number of rotatable bonds is 7. The first-order chi connectivity index (χ1) is 9.96. The van der Waals surface area contributed by atoms with Gasteiger partial charge in [-0.15, -0.1) is 11.6 Å². The summed E-state index contributed by atoms with van der Waals surface area (Å²) in [6, 6.07) is 4.63. The molecule has 6 heteroatoms. The molecule has 0 saturated heterocycles. The lowest BCUT2D eigenvalue weighted by Crippen LogP contribution is -2.41. The third-order valence-electron chi connectivity index (χ3n) is 3.55. The molecule has 0 heterocycles. The minimum Gasteiger partial charge on any atom is -0.334 e. The minimum absolute atomic E-state index is 0.0383. The Morgan fingerprint density at radius 1 is 1.38 bits per heavy atom. The Hall–Kier alpha value is -1.62. The molecule has 1 rings (SSSR count). The number of benzene rings is 1. The molecule has 0 saturated carbocycles. The first-order valence-corrected chi connectivity index (χ1v) is 7.61. The Balaban J connectivity index is 3.25. The van der Waals surface area contributed by atoms with Gasteiger partial charge in [0, 0.05) is 24.5 Å². The summed E-state index contributed by atoms with van der Waals surface area (Å²) < 4.78 is 0. The average Bonchev–Trinajstić information content (AvgIpc) is 2.46. The maximum atomic E-state index is 12.7. The first kappa shape index (κ1) is 17.4. The van der Waals surface area contributed by atoms with Gasteiger partial charge >= 0.3 is 0 Å². The second-order valence-corrected chi connectivity index (χ2v) is 5.31. The van der Waals surface area contributed by atoms with Crippen molar-refractivity contribution in [3.63, 3.8) is 0 Å². The summed E-state index contributed by atoms with van der Waals surface area (Å²) in [5, 5.41) is 11.1. The summed E-state index contributed by atoms with van der Waals surface area (Å²) >= 11 is 5.79. The Kier molecular flexibility index (Phi) is 6.62. The first-order valence-electron chi connectivity index (χ1n) is 7.08. The van der Waals surface area contributed by atoms with Gasteiger partial charge in [-0.05, 0) is 31.4 Å². The van der Waals surface area contributed by atoms with Gasteiger partial charge in [-0.3, -0.25) is 14.9 Å². The van der Waals surface area contributed by atoms with Crippen LogP contribution in [-0.4, -0.2) is 34.2 Å². The second kappa shape index (κ2) is 7.98. The molecule has 116 valence electrons. The predicted molar refractivity (Wildman–Crippen MR) is 84.0 cm³/mol. The number of hydrogen-bond donors (Lipinski definition) is 0. The Labute approximate surface area is 130 Å². The number of aryl methyl sites for hydroxylation is 1. The highest BCUT2D eigenvalue weighted by atomic mass is 35.5. The molecule has 0 spiro atoms. The normalized spacial score (nSPS) is 10.7. The SMILES string of the molecule is CCC(CC)N(CCCl)C(=O)c1cc(C)ccc1[N+](=O)[O-]. The van der Waals surface area contributed by atoms with Crippen LogP contribution in [0.4, 0.5) is 5.69 Å². The van der Waals surface area contributed by atoms with Crippen molar-refractivity contribution in [2.75, 3.05) is 12.4 Å². The number of carbonyl (C=O) groups is 1. The third kappa shape index (κ3) is 4.17. The summed E-state index contributed by atoms with van der Waals surface area (Å²) in [5.74, 6) is -0.0123. The molecule has 0 aromatic heterocycles. The van der Waals surface area contributed by atoms with Crippen LogP contribution in [0.2, 0.25) is 0 Å². The van der Waals surface area contributed by atoms with E-state index in [9.17, 15) is 14.9 Å². The van der Waals surface area contributed by atoms with Crippen LogP contribution in [0.3, 0.4) is 0 Å². The summed E-state index contributed by atoms with van der Waals surface area (Å²) in [6.07, 6.45) is 1.58. The standard InChI is InChI=1S/C15H21ClN2O3/c1-4-12(5-2)17(9-8-16)15(19)13-10-11(3)6-7-14(13)18(20)21/h6-7,10,12H,4-5,8-9H2,1-3H3. The van der Waals surface area contributed by atoms with Crippen LogP contribution in [0.1, 0.15) is 42.6 Å². The molecule has 0 radical (unpaired) electrons. The van der Waals surface area contributed by atoms with Gasteiger partial charge in [0.1, 0.15) is 5.56 Å². The summed E-state index contributed by atoms with van der Waals surface area (Å²) in [4.78, 5) is 25.0. The van der Waals surface area contributed by atoms with Crippen molar-refractivity contribution in [3.8, 4) is 0 Å². The molecule has 1 aromatic carbocycles. The van der Waals surface area contributed by atoms with Gasteiger partial charge in [0.25, 0.3) is 11.6 Å². The van der Waals surface area contributed by atoms with Crippen molar-refractivity contribution in [3.05, 3.63) is 39.4 Å². The average molecular weight is 313 g/mol. The molecule has 0 N–H and O–H groups in total. The molecule has 0 atom stereocenters. The van der Waals surface area contributed by atoms with Crippen LogP contribution >= 0.6 is 11.6 Å². The van der Waals surface area contributed by atoms with E-state index in [1.807, 2.05) is 20.8 Å². The fourth-order valence-electron chi connectivity index (χ4n) is 2.41. The molecule has 0 aliphatic heterocycles. The monoisotopic (exact) mass is 312 g/mol. The van der Waals surface area contributed by atoms with Gasteiger partial charge in [-0.25, -0.2) is 0 Å². The third-order valence-corrected chi connectivity index (χ3v) is 3.72. The lowest BCUT2D eigenvalue weighted by Gasteiger charge is -2.30. The highest BCUT2D eigenvalue weighted by Gasteiger charge is 2.27. The van der Waals surface area contributed by atoms with Gasteiger partial charge in [0.2, 0.25) is 0 Å². The molecule has 5 nitrogen and oxygen atoms in total. The van der Waals surface area contributed by atoms with Crippen LogP contribution in [0, 0.1) is 17.0 Å². The highest BCUT2D eigenvalue weighted by molar-refractivity contribution is 6.18. The second-order valence-electron chi connectivity index (χ2n) is 4.94. The van der Waals surface area contributed by atoms with E-state index in [4.69, 9.17) is 11.6 Å². The number of amides is 1. The number of carbonyl (C=O) groups excluding carboxylic acids is 1.